The Labute approximate surface area is 250 Å². The molecule has 0 heterocycles. The van der Waals surface area contributed by atoms with Crippen molar-refractivity contribution in [3.05, 3.63) is 101 Å². The molecule has 0 radical (unpaired) electrons. The van der Waals surface area contributed by atoms with Crippen molar-refractivity contribution in [1.82, 2.24) is 15.5 Å². The first kappa shape index (κ1) is 31.3. The zero-order chi connectivity index (χ0) is 30.0. The van der Waals surface area contributed by atoms with Crippen LogP contribution >= 0.6 is 0 Å². The topological polar surface area (TPSA) is 90.9 Å². The molecular weight excluding hydrogens is 526 g/mol. The van der Waals surface area contributed by atoms with Crippen molar-refractivity contribution in [1.29, 1.82) is 0 Å². The van der Waals surface area contributed by atoms with Gasteiger partial charge in [0.1, 0.15) is 5.75 Å². The first-order valence-electron chi connectivity index (χ1n) is 15.1. The van der Waals surface area contributed by atoms with Gasteiger partial charge in [-0.2, -0.15) is 0 Å². The summed E-state index contributed by atoms with van der Waals surface area (Å²) in [5.41, 5.74) is 2.77. The van der Waals surface area contributed by atoms with Crippen molar-refractivity contribution in [2.45, 2.75) is 69.6 Å². The monoisotopic (exact) mass is 571 g/mol. The molecule has 3 N–H and O–H groups in total. The Kier molecular flexibility index (Phi) is 11.2. The molecule has 4 rings (SSSR count). The summed E-state index contributed by atoms with van der Waals surface area (Å²) >= 11 is 0. The number of carbonyl (C=O) groups is 2. The molecule has 2 amide bonds. The molecule has 7 heteroatoms. The molecule has 1 aliphatic rings. The molecule has 7 nitrogen and oxygen atoms in total. The van der Waals surface area contributed by atoms with Gasteiger partial charge in [0.05, 0.1) is 19.3 Å². The maximum atomic E-state index is 13.5. The van der Waals surface area contributed by atoms with Crippen LogP contribution in [0.2, 0.25) is 0 Å². The van der Waals surface area contributed by atoms with E-state index in [9.17, 15) is 14.7 Å². The molecule has 1 fully saturated rings. The Morgan fingerprint density at radius 1 is 0.952 bits per heavy atom. The second-order valence-electron chi connectivity index (χ2n) is 11.4. The highest BCUT2D eigenvalue weighted by molar-refractivity contribution is 5.99. The van der Waals surface area contributed by atoms with Gasteiger partial charge in [-0.1, -0.05) is 74.7 Å². The number of methoxy groups -OCH3 is 1. The van der Waals surface area contributed by atoms with Crippen LogP contribution in [0.4, 0.5) is 0 Å². The van der Waals surface area contributed by atoms with E-state index < -0.39 is 12.1 Å². The van der Waals surface area contributed by atoms with E-state index >= 15 is 0 Å². The van der Waals surface area contributed by atoms with Gasteiger partial charge < -0.3 is 25.4 Å². The van der Waals surface area contributed by atoms with E-state index in [4.69, 9.17) is 4.74 Å². The molecule has 224 valence electrons. The fourth-order valence-electron chi connectivity index (χ4n) is 5.94. The number of hydrogen-bond donors (Lipinski definition) is 3. The summed E-state index contributed by atoms with van der Waals surface area (Å²) in [5, 5.41) is 18.4. The van der Waals surface area contributed by atoms with Gasteiger partial charge in [0.15, 0.2) is 0 Å². The van der Waals surface area contributed by atoms with Crippen LogP contribution in [-0.4, -0.2) is 61.2 Å². The van der Waals surface area contributed by atoms with Crippen molar-refractivity contribution in [3.8, 4) is 5.75 Å². The van der Waals surface area contributed by atoms with Crippen molar-refractivity contribution in [3.63, 3.8) is 0 Å². The van der Waals surface area contributed by atoms with E-state index in [0.29, 0.717) is 30.6 Å². The molecule has 2 atom stereocenters. The summed E-state index contributed by atoms with van der Waals surface area (Å²) in [6.07, 6.45) is 5.82. The molecule has 0 spiro atoms. The maximum Gasteiger partial charge on any atom is 0.253 e. The van der Waals surface area contributed by atoms with E-state index in [1.165, 1.54) is 6.42 Å². The molecule has 0 aliphatic heterocycles. The molecule has 0 aromatic heterocycles. The highest BCUT2D eigenvalue weighted by Crippen LogP contribution is 2.38. The lowest BCUT2D eigenvalue weighted by atomic mass is 9.76. The number of nitrogens with zero attached hydrogens (tertiary/aromatic N) is 1. The van der Waals surface area contributed by atoms with Gasteiger partial charge in [0.25, 0.3) is 11.8 Å². The van der Waals surface area contributed by atoms with Crippen LogP contribution in [-0.2, 0) is 12.0 Å². The normalized spacial score (nSPS) is 15.8. The zero-order valence-corrected chi connectivity index (χ0v) is 25.1. The fourth-order valence-corrected chi connectivity index (χ4v) is 5.94. The Balaban J connectivity index is 1.53. The lowest BCUT2D eigenvalue weighted by Crippen LogP contribution is -2.53. The lowest BCUT2D eigenvalue weighted by Gasteiger charge is -2.40. The van der Waals surface area contributed by atoms with Crippen LogP contribution in [0.1, 0.15) is 77.3 Å². The van der Waals surface area contributed by atoms with E-state index in [-0.39, 0.29) is 17.4 Å². The number of nitrogens with one attached hydrogen (secondary N) is 2. The van der Waals surface area contributed by atoms with E-state index in [2.05, 4.69) is 22.8 Å². The van der Waals surface area contributed by atoms with E-state index in [1.807, 2.05) is 49.4 Å². The average Bonchev–Trinajstić information content (AvgIpc) is 3.04. The third kappa shape index (κ3) is 7.99. The van der Waals surface area contributed by atoms with Gasteiger partial charge in [-0.05, 0) is 67.1 Å². The summed E-state index contributed by atoms with van der Waals surface area (Å²) < 4.78 is 5.51. The van der Waals surface area contributed by atoms with Crippen molar-refractivity contribution in [2.24, 2.45) is 0 Å². The average molecular weight is 572 g/mol. The minimum atomic E-state index is -0.848. The van der Waals surface area contributed by atoms with Crippen LogP contribution in [0.15, 0.2) is 78.9 Å². The highest BCUT2D eigenvalue weighted by atomic mass is 16.5. The van der Waals surface area contributed by atoms with Gasteiger partial charge in [-0.3, -0.25) is 9.59 Å². The summed E-state index contributed by atoms with van der Waals surface area (Å²) in [6, 6.07) is 24.3. The fraction of sp³-hybridized carbons (Fsp3) is 0.429. The van der Waals surface area contributed by atoms with Crippen LogP contribution in [0.3, 0.4) is 0 Å². The number of amides is 2. The predicted molar refractivity (Wildman–Crippen MR) is 167 cm³/mol. The summed E-state index contributed by atoms with van der Waals surface area (Å²) in [5.74, 6) is 0.380. The smallest absolute Gasteiger partial charge is 0.253 e. The van der Waals surface area contributed by atoms with Gasteiger partial charge >= 0.3 is 0 Å². The van der Waals surface area contributed by atoms with Crippen molar-refractivity contribution >= 4 is 11.8 Å². The van der Waals surface area contributed by atoms with E-state index in [1.54, 1.807) is 43.3 Å². The molecule has 0 bridgehead atoms. The highest BCUT2D eigenvalue weighted by Gasteiger charge is 2.35. The molecule has 3 aromatic carbocycles. The van der Waals surface area contributed by atoms with E-state index in [0.717, 1.165) is 49.0 Å². The summed E-state index contributed by atoms with van der Waals surface area (Å²) in [7, 11) is 3.44. The van der Waals surface area contributed by atoms with Crippen LogP contribution < -0.4 is 15.4 Å². The predicted octanol–water partition coefficient (Wildman–Crippen LogP) is 5.33. The molecule has 0 unspecified atom stereocenters. The Morgan fingerprint density at radius 2 is 1.67 bits per heavy atom. The van der Waals surface area contributed by atoms with Crippen molar-refractivity contribution < 1.29 is 19.4 Å². The number of aliphatic hydroxyl groups is 1. The Hall–Kier alpha value is -3.68. The molecular formula is C35H45N3O4. The van der Waals surface area contributed by atoms with Gasteiger partial charge in [-0.25, -0.2) is 0 Å². The number of aliphatic hydroxyl groups excluding tert-OH is 1. The Bertz CT molecular complexity index is 1310. The molecule has 42 heavy (non-hydrogen) atoms. The van der Waals surface area contributed by atoms with Crippen molar-refractivity contribution in [2.75, 3.05) is 27.2 Å². The van der Waals surface area contributed by atoms with Crippen LogP contribution in [0, 0.1) is 0 Å². The third-order valence-electron chi connectivity index (χ3n) is 8.34. The first-order chi connectivity index (χ1) is 20.3. The number of ether oxygens (including phenoxy) is 1. The molecule has 3 aromatic rings. The first-order valence-corrected chi connectivity index (χ1v) is 15.1. The maximum absolute atomic E-state index is 13.5. The quantitative estimate of drug-likeness (QED) is 0.258. The second-order valence-corrected chi connectivity index (χ2v) is 11.4. The lowest BCUT2D eigenvalue weighted by molar-refractivity contribution is 0.0788. The van der Waals surface area contributed by atoms with Gasteiger partial charge in [-0.15, -0.1) is 0 Å². The summed E-state index contributed by atoms with van der Waals surface area (Å²) in [4.78, 5) is 28.0. The second kappa shape index (κ2) is 15.0. The Morgan fingerprint density at radius 3 is 2.38 bits per heavy atom. The molecule has 0 saturated heterocycles. The molecule has 1 saturated carbocycles. The van der Waals surface area contributed by atoms with Crippen LogP contribution in [0.25, 0.3) is 0 Å². The third-order valence-corrected chi connectivity index (χ3v) is 8.34. The van der Waals surface area contributed by atoms with Gasteiger partial charge in [0, 0.05) is 36.8 Å². The van der Waals surface area contributed by atoms with Gasteiger partial charge in [0.2, 0.25) is 0 Å². The number of benzene rings is 3. The SMILES string of the molecule is CCCN(C)C(=O)c1cccc(C(=O)N[C@@H](Cc2ccccc2)[C@H](O)CNC2(c3cccc(OC)c3)CCCCC2)c1. The molecule has 1 aliphatic carbocycles. The summed E-state index contributed by atoms with van der Waals surface area (Å²) in [6.45, 7) is 2.98. The number of hydrogen-bond acceptors (Lipinski definition) is 5. The zero-order valence-electron chi connectivity index (χ0n) is 25.1. The van der Waals surface area contributed by atoms with Crippen LogP contribution in [0.5, 0.6) is 5.75 Å². The minimum absolute atomic E-state index is 0.119. The minimum Gasteiger partial charge on any atom is -0.497 e. The number of rotatable bonds is 13. The largest absolute Gasteiger partial charge is 0.497 e. The standard InChI is InChI=1S/C35H45N3O4/c1-4-21-38(2)34(41)28-16-11-15-27(23-28)33(40)37-31(22-26-13-7-5-8-14-26)32(39)25-36-35(19-9-6-10-20-35)29-17-12-18-30(24-29)42-3/h5,7-8,11-18,23-24,31-32,36,39H,4,6,9-10,19-22,25H2,1-3H3,(H,37,40)/t31-,32+/m0/s1. The number of carbonyl (C=O) groups excluding carboxylic acids is 2.